The van der Waals surface area contributed by atoms with E-state index in [0.29, 0.717) is 34.7 Å². The number of rotatable bonds is 5. The molecule has 7 nitrogen and oxygen atoms in total. The molecule has 0 saturated heterocycles. The maximum Gasteiger partial charge on any atom is 0.350 e. The van der Waals surface area contributed by atoms with Crippen LogP contribution >= 0.6 is 11.3 Å². The maximum absolute atomic E-state index is 12.7. The number of anilines is 2. The molecule has 4 aromatic rings. The van der Waals surface area contributed by atoms with E-state index in [1.54, 1.807) is 43.5 Å². The van der Waals surface area contributed by atoms with Gasteiger partial charge in [-0.3, -0.25) is 9.88 Å². The summed E-state index contributed by atoms with van der Waals surface area (Å²) in [6, 6.07) is 17.7. The number of methoxy groups -OCH3 is 1. The lowest BCUT2D eigenvalue weighted by molar-refractivity contribution is 0.262. The quantitative estimate of drug-likeness (QED) is 0.521. The molecule has 146 valence electrons. The fourth-order valence-corrected chi connectivity index (χ4v) is 3.68. The zero-order valence-corrected chi connectivity index (χ0v) is 16.4. The molecule has 8 heteroatoms. The molecule has 0 unspecified atom stereocenters. The highest BCUT2D eigenvalue weighted by Crippen LogP contribution is 2.23. The summed E-state index contributed by atoms with van der Waals surface area (Å²) in [5.41, 5.74) is 0.678. The average Bonchev–Trinajstić information content (AvgIpc) is 3.24. The van der Waals surface area contributed by atoms with E-state index in [9.17, 15) is 9.59 Å². The van der Waals surface area contributed by atoms with Crippen LogP contribution in [0.2, 0.25) is 0 Å². The highest BCUT2D eigenvalue weighted by atomic mass is 32.1. The SMILES string of the molecule is COc1cccc(NC(=O)Nc2c3ccccc3nc(=O)n2Cc2cccs2)c1. The molecule has 0 aliphatic carbocycles. The van der Waals surface area contributed by atoms with Crippen LogP contribution in [0.3, 0.4) is 0 Å². The van der Waals surface area contributed by atoms with Gasteiger partial charge in [0.15, 0.2) is 0 Å². The normalized spacial score (nSPS) is 10.7. The smallest absolute Gasteiger partial charge is 0.350 e. The molecular formula is C21H18N4O3S. The number of urea groups is 1. The molecule has 4 rings (SSSR count). The molecule has 0 radical (unpaired) electrons. The van der Waals surface area contributed by atoms with E-state index in [4.69, 9.17) is 4.74 Å². The third-order valence-electron chi connectivity index (χ3n) is 4.33. The zero-order valence-electron chi connectivity index (χ0n) is 15.6. The summed E-state index contributed by atoms with van der Waals surface area (Å²) in [6.07, 6.45) is 0. The van der Waals surface area contributed by atoms with Gasteiger partial charge in [-0.1, -0.05) is 24.3 Å². The van der Waals surface area contributed by atoms with Gasteiger partial charge in [0, 0.05) is 22.0 Å². The van der Waals surface area contributed by atoms with E-state index < -0.39 is 11.7 Å². The fraction of sp³-hybridized carbons (Fsp3) is 0.0952. The molecule has 29 heavy (non-hydrogen) atoms. The number of carbonyl (C=O) groups excluding carboxylic acids is 1. The van der Waals surface area contributed by atoms with Gasteiger partial charge in [0.2, 0.25) is 0 Å². The summed E-state index contributed by atoms with van der Waals surface area (Å²) in [4.78, 5) is 30.5. The van der Waals surface area contributed by atoms with Gasteiger partial charge in [0.25, 0.3) is 0 Å². The number of hydrogen-bond donors (Lipinski definition) is 2. The lowest BCUT2D eigenvalue weighted by Crippen LogP contribution is -2.30. The van der Waals surface area contributed by atoms with E-state index in [2.05, 4.69) is 15.6 Å². The Balaban J connectivity index is 1.70. The average molecular weight is 406 g/mol. The van der Waals surface area contributed by atoms with Crippen molar-refractivity contribution in [3.63, 3.8) is 0 Å². The standard InChI is InChI=1S/C21H18N4O3S/c1-28-15-7-4-6-14(12-15)22-20(26)24-19-17-9-2-3-10-18(17)23-21(27)25(19)13-16-8-5-11-29-16/h2-12H,13H2,1H3,(H2,22,24,26). The topological polar surface area (TPSA) is 85.2 Å². The van der Waals surface area contributed by atoms with Crippen LogP contribution < -0.4 is 21.1 Å². The minimum Gasteiger partial charge on any atom is -0.497 e. The number of aromatic nitrogens is 2. The molecular weight excluding hydrogens is 388 g/mol. The van der Waals surface area contributed by atoms with Crippen LogP contribution in [0.4, 0.5) is 16.3 Å². The third-order valence-corrected chi connectivity index (χ3v) is 5.19. The highest BCUT2D eigenvalue weighted by Gasteiger charge is 2.15. The van der Waals surface area contributed by atoms with Crippen LogP contribution in [0, 0.1) is 0 Å². The van der Waals surface area contributed by atoms with E-state index in [0.717, 1.165) is 4.88 Å². The Morgan fingerprint density at radius 3 is 2.76 bits per heavy atom. The number of nitrogens with one attached hydrogen (secondary N) is 2. The number of carbonyl (C=O) groups is 1. The van der Waals surface area contributed by atoms with Crippen LogP contribution in [0.15, 0.2) is 70.8 Å². The van der Waals surface area contributed by atoms with Crippen molar-refractivity contribution < 1.29 is 9.53 Å². The lowest BCUT2D eigenvalue weighted by atomic mass is 10.2. The second-order valence-electron chi connectivity index (χ2n) is 6.24. The van der Waals surface area contributed by atoms with Gasteiger partial charge in [0.05, 0.1) is 19.2 Å². The molecule has 0 aliphatic heterocycles. The number of thiophene rings is 1. The van der Waals surface area contributed by atoms with Crippen molar-refractivity contribution >= 4 is 39.8 Å². The number of amides is 2. The minimum atomic E-state index is -0.464. The van der Waals surface area contributed by atoms with Gasteiger partial charge in [-0.15, -0.1) is 11.3 Å². The Morgan fingerprint density at radius 1 is 1.10 bits per heavy atom. The Bertz CT molecular complexity index is 1220. The first-order chi connectivity index (χ1) is 14.1. The molecule has 0 aliphatic rings. The summed E-state index contributed by atoms with van der Waals surface area (Å²) >= 11 is 1.54. The van der Waals surface area contributed by atoms with Gasteiger partial charge < -0.3 is 10.1 Å². The Labute approximate surface area is 170 Å². The molecule has 2 amide bonds. The molecule has 0 bridgehead atoms. The summed E-state index contributed by atoms with van der Waals surface area (Å²) in [7, 11) is 1.56. The lowest BCUT2D eigenvalue weighted by Gasteiger charge is -2.16. The molecule has 2 N–H and O–H groups in total. The first-order valence-electron chi connectivity index (χ1n) is 8.88. The van der Waals surface area contributed by atoms with E-state index in [1.807, 2.05) is 29.6 Å². The number of para-hydroxylation sites is 1. The van der Waals surface area contributed by atoms with Gasteiger partial charge in [-0.25, -0.2) is 9.59 Å². The molecule has 2 aromatic carbocycles. The van der Waals surface area contributed by atoms with Gasteiger partial charge in [0.1, 0.15) is 11.6 Å². The van der Waals surface area contributed by atoms with Crippen molar-refractivity contribution in [2.75, 3.05) is 17.7 Å². The predicted octanol–water partition coefficient (Wildman–Crippen LogP) is 4.16. The van der Waals surface area contributed by atoms with Crippen molar-refractivity contribution in [2.24, 2.45) is 0 Å². The number of benzene rings is 2. The fourth-order valence-electron chi connectivity index (χ4n) is 2.99. The Kier molecular flexibility index (Phi) is 5.26. The highest BCUT2D eigenvalue weighted by molar-refractivity contribution is 7.09. The minimum absolute atomic E-state index is 0.323. The molecule has 0 saturated carbocycles. The summed E-state index contributed by atoms with van der Waals surface area (Å²) in [5, 5.41) is 8.23. The Hall–Kier alpha value is -3.65. The molecule has 2 heterocycles. The van der Waals surface area contributed by atoms with Crippen LogP contribution in [0.1, 0.15) is 4.88 Å². The monoisotopic (exact) mass is 406 g/mol. The molecule has 0 fully saturated rings. The second-order valence-corrected chi connectivity index (χ2v) is 7.27. The first-order valence-corrected chi connectivity index (χ1v) is 9.76. The first kappa shape index (κ1) is 18.7. The Morgan fingerprint density at radius 2 is 1.97 bits per heavy atom. The van der Waals surface area contributed by atoms with E-state index >= 15 is 0 Å². The summed E-state index contributed by atoms with van der Waals surface area (Å²) in [5.74, 6) is 1.03. The van der Waals surface area contributed by atoms with E-state index in [1.165, 1.54) is 15.9 Å². The summed E-state index contributed by atoms with van der Waals surface area (Å²) in [6.45, 7) is 0.323. The van der Waals surface area contributed by atoms with Crippen molar-refractivity contribution in [1.29, 1.82) is 0 Å². The number of nitrogens with zero attached hydrogens (tertiary/aromatic N) is 2. The molecule has 0 spiro atoms. The predicted molar refractivity (Wildman–Crippen MR) is 115 cm³/mol. The van der Waals surface area contributed by atoms with Crippen molar-refractivity contribution in [3.05, 3.63) is 81.4 Å². The van der Waals surface area contributed by atoms with Gasteiger partial charge in [-0.2, -0.15) is 4.98 Å². The molecule has 2 aromatic heterocycles. The van der Waals surface area contributed by atoms with Crippen molar-refractivity contribution in [3.8, 4) is 5.75 Å². The van der Waals surface area contributed by atoms with Crippen molar-refractivity contribution in [2.45, 2.75) is 6.54 Å². The maximum atomic E-state index is 12.7. The number of ether oxygens (including phenoxy) is 1. The molecule has 0 atom stereocenters. The second kappa shape index (κ2) is 8.15. The van der Waals surface area contributed by atoms with E-state index in [-0.39, 0.29) is 0 Å². The van der Waals surface area contributed by atoms with Crippen LogP contribution in [0.25, 0.3) is 10.9 Å². The van der Waals surface area contributed by atoms with Gasteiger partial charge >= 0.3 is 11.7 Å². The van der Waals surface area contributed by atoms with Gasteiger partial charge in [-0.05, 0) is 35.7 Å². The number of fused-ring (bicyclic) bond motifs is 1. The third kappa shape index (κ3) is 4.12. The van der Waals surface area contributed by atoms with Crippen LogP contribution in [0.5, 0.6) is 5.75 Å². The van der Waals surface area contributed by atoms with Crippen molar-refractivity contribution in [1.82, 2.24) is 9.55 Å². The largest absolute Gasteiger partial charge is 0.497 e. The zero-order chi connectivity index (χ0) is 20.2. The van der Waals surface area contributed by atoms with Crippen LogP contribution in [-0.4, -0.2) is 22.7 Å². The number of hydrogen-bond acceptors (Lipinski definition) is 5. The van der Waals surface area contributed by atoms with Crippen LogP contribution in [-0.2, 0) is 6.54 Å². The summed E-state index contributed by atoms with van der Waals surface area (Å²) < 4.78 is 6.65.